The van der Waals surface area contributed by atoms with Crippen molar-refractivity contribution in [3.63, 3.8) is 0 Å². The Kier molecular flexibility index (Phi) is 3.89. The number of carbonyl (C=O) groups excluding carboxylic acids is 1. The fraction of sp³-hybridized carbons (Fsp3) is 0.375. The van der Waals surface area contributed by atoms with Crippen LogP contribution in [0.15, 0.2) is 36.7 Å². The van der Waals surface area contributed by atoms with Crippen molar-refractivity contribution in [1.29, 1.82) is 0 Å². The summed E-state index contributed by atoms with van der Waals surface area (Å²) in [7, 11) is 1.79. The summed E-state index contributed by atoms with van der Waals surface area (Å²) in [5.41, 5.74) is -0.542. The van der Waals surface area contributed by atoms with Gasteiger partial charge in [-0.2, -0.15) is 0 Å². The Labute approximate surface area is 143 Å². The largest absolute Gasteiger partial charge is 0.341 e. The topological polar surface area (TPSA) is 46.9 Å². The molecule has 0 aliphatic heterocycles. The predicted octanol–water partition coefficient (Wildman–Crippen LogP) is 3.35. The maximum atomic E-state index is 14.2. The van der Waals surface area contributed by atoms with Crippen LogP contribution < -0.4 is 5.32 Å². The van der Waals surface area contributed by atoms with E-state index in [1.165, 1.54) is 6.07 Å². The van der Waals surface area contributed by atoms with Gasteiger partial charge in [0.2, 0.25) is 5.91 Å². The number of amides is 1. The zero-order chi connectivity index (χ0) is 16.8. The van der Waals surface area contributed by atoms with Crippen LogP contribution in [0.4, 0.5) is 4.39 Å². The number of nitrogens with one attached hydrogen (secondary N) is 1. The predicted molar refractivity (Wildman–Crippen MR) is 86.8 cm³/mol. The van der Waals surface area contributed by atoms with Crippen molar-refractivity contribution in [2.45, 2.75) is 23.7 Å². The molecule has 7 heteroatoms. The van der Waals surface area contributed by atoms with Gasteiger partial charge in [-0.1, -0.05) is 18.2 Å². The molecule has 1 aromatic carbocycles. The maximum absolute atomic E-state index is 14.2. The highest BCUT2D eigenvalue weighted by atomic mass is 35.5. The number of rotatable bonds is 4. The average molecular weight is 356 g/mol. The highest BCUT2D eigenvalue weighted by Crippen LogP contribution is 2.64. The first-order valence-corrected chi connectivity index (χ1v) is 7.92. The molecule has 2 aromatic rings. The van der Waals surface area contributed by atoms with E-state index in [-0.39, 0.29) is 5.91 Å². The number of imidazole rings is 1. The second kappa shape index (κ2) is 5.49. The van der Waals surface area contributed by atoms with E-state index < -0.39 is 21.6 Å². The quantitative estimate of drug-likeness (QED) is 0.854. The van der Waals surface area contributed by atoms with Gasteiger partial charge in [-0.15, -0.1) is 23.2 Å². The Hall–Kier alpha value is -1.59. The maximum Gasteiger partial charge on any atom is 0.229 e. The molecule has 2 unspecified atom stereocenters. The van der Waals surface area contributed by atoms with E-state index in [4.69, 9.17) is 23.2 Å². The minimum absolute atomic E-state index is 0.321. The Morgan fingerprint density at radius 1 is 1.43 bits per heavy atom. The summed E-state index contributed by atoms with van der Waals surface area (Å²) in [4.78, 5) is 16.8. The lowest BCUT2D eigenvalue weighted by molar-refractivity contribution is -0.126. The highest BCUT2D eigenvalue weighted by molar-refractivity contribution is 6.53. The summed E-state index contributed by atoms with van der Waals surface area (Å²) in [5, 5.41) is 2.84. The molecule has 1 aliphatic rings. The normalized spacial score (nSPS) is 23.3. The van der Waals surface area contributed by atoms with Gasteiger partial charge < -0.3 is 9.88 Å². The van der Waals surface area contributed by atoms with E-state index in [0.717, 1.165) is 0 Å². The van der Waals surface area contributed by atoms with E-state index in [2.05, 4.69) is 10.3 Å². The van der Waals surface area contributed by atoms with Crippen molar-refractivity contribution >= 4 is 29.1 Å². The Morgan fingerprint density at radius 3 is 2.61 bits per heavy atom. The minimum atomic E-state index is -1.08. The molecular weight excluding hydrogens is 340 g/mol. The molecule has 1 amide bonds. The third kappa shape index (κ3) is 2.72. The number of aryl methyl sites for hydroxylation is 1. The number of benzene rings is 1. The summed E-state index contributed by atoms with van der Waals surface area (Å²) in [6.07, 6.45) is 3.70. The highest BCUT2D eigenvalue weighted by Gasteiger charge is 2.68. The lowest BCUT2D eigenvalue weighted by Gasteiger charge is -2.22. The summed E-state index contributed by atoms with van der Waals surface area (Å²) < 4.78 is 14.9. The summed E-state index contributed by atoms with van der Waals surface area (Å²) >= 11 is 12.1. The number of halogens is 3. The number of alkyl halides is 2. The van der Waals surface area contributed by atoms with Crippen LogP contribution in [-0.2, 0) is 11.8 Å². The molecule has 1 fully saturated rings. The molecule has 122 valence electrons. The van der Waals surface area contributed by atoms with Crippen molar-refractivity contribution in [1.82, 2.24) is 14.9 Å². The van der Waals surface area contributed by atoms with Gasteiger partial charge in [-0.25, -0.2) is 9.37 Å². The van der Waals surface area contributed by atoms with Crippen LogP contribution in [0.2, 0.25) is 0 Å². The Bertz CT molecular complexity index is 761. The van der Waals surface area contributed by atoms with Gasteiger partial charge in [0.1, 0.15) is 22.0 Å². The first-order valence-electron chi connectivity index (χ1n) is 7.17. The first kappa shape index (κ1) is 16.3. The van der Waals surface area contributed by atoms with Gasteiger partial charge in [-0.3, -0.25) is 4.79 Å². The van der Waals surface area contributed by atoms with Crippen LogP contribution in [-0.4, -0.2) is 19.8 Å². The third-order valence-electron chi connectivity index (χ3n) is 4.37. The second-order valence-electron chi connectivity index (χ2n) is 6.04. The van der Waals surface area contributed by atoms with Gasteiger partial charge in [0.05, 0.1) is 5.41 Å². The molecule has 1 aromatic heterocycles. The monoisotopic (exact) mass is 355 g/mol. The molecule has 0 spiro atoms. The van der Waals surface area contributed by atoms with Crippen molar-refractivity contribution in [3.05, 3.63) is 53.9 Å². The van der Waals surface area contributed by atoms with Crippen LogP contribution in [0.5, 0.6) is 0 Å². The Balaban J connectivity index is 1.96. The van der Waals surface area contributed by atoms with Crippen molar-refractivity contribution in [3.8, 4) is 0 Å². The molecule has 2 atom stereocenters. The molecule has 0 saturated heterocycles. The van der Waals surface area contributed by atoms with Gasteiger partial charge in [0.15, 0.2) is 0 Å². The van der Waals surface area contributed by atoms with E-state index in [9.17, 15) is 9.18 Å². The molecule has 1 saturated carbocycles. The summed E-state index contributed by atoms with van der Waals surface area (Å²) in [5.74, 6) is -0.203. The van der Waals surface area contributed by atoms with Crippen molar-refractivity contribution < 1.29 is 9.18 Å². The van der Waals surface area contributed by atoms with Gasteiger partial charge in [-0.05, 0) is 19.4 Å². The fourth-order valence-electron chi connectivity index (χ4n) is 2.58. The second-order valence-corrected chi connectivity index (χ2v) is 7.52. The molecular formula is C16H16Cl2FN3O. The molecule has 0 radical (unpaired) electrons. The van der Waals surface area contributed by atoms with Crippen molar-refractivity contribution in [2.24, 2.45) is 12.5 Å². The standard InChI is InChI=1S/C16H16Cl2FN3O/c1-15(9-16(15,17)18)14(23)21-12(13-20-7-8-22(13)2)10-5-3-4-6-11(10)19/h3-8,12H,9H2,1-2H3,(H,21,23). The van der Waals surface area contributed by atoms with Gasteiger partial charge in [0.25, 0.3) is 0 Å². The number of nitrogens with zero attached hydrogens (tertiary/aromatic N) is 2. The number of aromatic nitrogens is 2. The van der Waals surface area contributed by atoms with E-state index in [0.29, 0.717) is 17.8 Å². The van der Waals surface area contributed by atoms with Crippen LogP contribution >= 0.6 is 23.2 Å². The lowest BCUT2D eigenvalue weighted by atomic mass is 10.0. The number of hydrogen-bond acceptors (Lipinski definition) is 2. The molecule has 1 heterocycles. The zero-order valence-electron chi connectivity index (χ0n) is 12.7. The SMILES string of the molecule is Cn1ccnc1C(NC(=O)C1(C)CC1(Cl)Cl)c1ccccc1F. The molecule has 23 heavy (non-hydrogen) atoms. The zero-order valence-corrected chi connectivity index (χ0v) is 14.2. The van der Waals surface area contributed by atoms with E-state index >= 15 is 0 Å². The number of hydrogen-bond donors (Lipinski definition) is 1. The Morgan fingerprint density at radius 2 is 2.09 bits per heavy atom. The van der Waals surface area contributed by atoms with Crippen LogP contribution in [0.3, 0.4) is 0 Å². The molecule has 0 bridgehead atoms. The molecule has 3 rings (SSSR count). The van der Waals surface area contributed by atoms with Gasteiger partial charge >= 0.3 is 0 Å². The fourth-order valence-corrected chi connectivity index (χ4v) is 3.29. The average Bonchev–Trinajstić information content (AvgIpc) is 2.81. The van der Waals surface area contributed by atoms with Crippen LogP contribution in [0.1, 0.15) is 30.8 Å². The van der Waals surface area contributed by atoms with Gasteiger partial charge in [0, 0.05) is 25.0 Å². The van der Waals surface area contributed by atoms with E-state index in [1.807, 2.05) is 0 Å². The minimum Gasteiger partial charge on any atom is -0.341 e. The smallest absolute Gasteiger partial charge is 0.229 e. The number of carbonyl (C=O) groups is 1. The van der Waals surface area contributed by atoms with E-state index in [1.54, 1.807) is 49.1 Å². The van der Waals surface area contributed by atoms with Crippen LogP contribution in [0.25, 0.3) is 0 Å². The summed E-state index contributed by atoms with van der Waals surface area (Å²) in [6, 6.07) is 5.57. The van der Waals surface area contributed by atoms with Crippen LogP contribution in [0, 0.1) is 11.2 Å². The van der Waals surface area contributed by atoms with Crippen molar-refractivity contribution in [2.75, 3.05) is 0 Å². The summed E-state index contributed by atoms with van der Waals surface area (Å²) in [6.45, 7) is 1.69. The lowest BCUT2D eigenvalue weighted by Crippen LogP contribution is -2.38. The first-order chi connectivity index (χ1) is 10.8. The molecule has 1 aliphatic carbocycles. The third-order valence-corrected chi connectivity index (χ3v) is 5.47. The molecule has 1 N–H and O–H groups in total. The molecule has 4 nitrogen and oxygen atoms in total.